The molecule has 0 aliphatic carbocycles. The van der Waals surface area contributed by atoms with Crippen LogP contribution in [-0.2, 0) is 10.3 Å². The third-order valence-corrected chi connectivity index (χ3v) is 2.56. The van der Waals surface area contributed by atoms with E-state index in [1.807, 2.05) is 6.92 Å². The van der Waals surface area contributed by atoms with Gasteiger partial charge in [0.05, 0.1) is 0 Å². The lowest BCUT2D eigenvalue weighted by Crippen LogP contribution is -2.20. The second kappa shape index (κ2) is 3.38. The molecule has 1 atom stereocenters. The number of rotatable bonds is 1. The molecule has 0 amide bonds. The predicted molar refractivity (Wildman–Crippen MR) is 56.3 cm³/mol. The molecule has 1 aromatic carbocycles. The summed E-state index contributed by atoms with van der Waals surface area (Å²) in [7, 11) is 0. The Kier molecular flexibility index (Phi) is 2.31. The zero-order chi connectivity index (χ0) is 11.1. The average molecular weight is 229 g/mol. The van der Waals surface area contributed by atoms with Crippen LogP contribution in [0.1, 0.15) is 12.5 Å². The first-order valence-corrected chi connectivity index (χ1v) is 4.82. The van der Waals surface area contributed by atoms with E-state index in [1.54, 1.807) is 6.07 Å². The summed E-state index contributed by atoms with van der Waals surface area (Å²) in [5.41, 5.74) is 5.44. The molecule has 0 saturated carbocycles. The third-order valence-electron chi connectivity index (χ3n) is 2.34. The molecule has 3 nitrogen and oxygen atoms in total. The van der Waals surface area contributed by atoms with Crippen LogP contribution >= 0.6 is 11.6 Å². The summed E-state index contributed by atoms with van der Waals surface area (Å²) >= 11 is 5.77. The van der Waals surface area contributed by atoms with E-state index >= 15 is 0 Å². The molecule has 0 radical (unpaired) electrons. The molecule has 80 valence electrons. The Bertz CT molecular complexity index is 415. The monoisotopic (exact) mass is 228 g/mol. The van der Waals surface area contributed by atoms with Crippen LogP contribution in [0, 0.1) is 5.82 Å². The van der Waals surface area contributed by atoms with Crippen molar-refractivity contribution in [3.05, 3.63) is 34.6 Å². The first-order valence-electron chi connectivity index (χ1n) is 4.44. The summed E-state index contributed by atoms with van der Waals surface area (Å²) in [5.74, 6) is -0.389. The minimum absolute atomic E-state index is 0.123. The van der Waals surface area contributed by atoms with Crippen LogP contribution in [0.15, 0.2) is 23.2 Å². The number of aliphatic imine (C=N–C) groups is 1. The summed E-state index contributed by atoms with van der Waals surface area (Å²) in [6.45, 7) is 2.12. The van der Waals surface area contributed by atoms with E-state index in [9.17, 15) is 4.39 Å². The lowest BCUT2D eigenvalue weighted by Gasteiger charge is -2.18. The van der Waals surface area contributed by atoms with Gasteiger partial charge in [-0.15, -0.1) is 0 Å². The number of ether oxygens (including phenoxy) is 1. The van der Waals surface area contributed by atoms with Gasteiger partial charge in [-0.05, 0) is 30.7 Å². The van der Waals surface area contributed by atoms with Crippen molar-refractivity contribution in [2.75, 3.05) is 6.61 Å². The fourth-order valence-corrected chi connectivity index (χ4v) is 1.76. The number of hydrogen-bond acceptors (Lipinski definition) is 3. The maximum Gasteiger partial charge on any atom is 0.283 e. The SMILES string of the molecule is C[C@]1(c2cc(F)cc(Cl)c2)COC(N)=N1. The van der Waals surface area contributed by atoms with Gasteiger partial charge in [0.15, 0.2) is 0 Å². The van der Waals surface area contributed by atoms with E-state index in [-0.39, 0.29) is 11.8 Å². The standard InChI is InChI=1S/C10H10ClFN2O/c1-10(5-15-9(13)14-10)6-2-7(11)4-8(12)3-6/h2-4H,5H2,1H3,(H2,13,14)/t10-/m1/s1. The Morgan fingerprint density at radius 1 is 1.53 bits per heavy atom. The van der Waals surface area contributed by atoms with Gasteiger partial charge in [-0.25, -0.2) is 9.38 Å². The number of benzene rings is 1. The normalized spacial score (nSPS) is 24.9. The molecule has 1 heterocycles. The molecule has 1 aliphatic rings. The van der Waals surface area contributed by atoms with Crippen LogP contribution in [0.2, 0.25) is 5.02 Å². The minimum Gasteiger partial charge on any atom is -0.462 e. The molecule has 0 unspecified atom stereocenters. The molecule has 2 rings (SSSR count). The zero-order valence-electron chi connectivity index (χ0n) is 8.13. The van der Waals surface area contributed by atoms with E-state index in [1.165, 1.54) is 12.1 Å². The van der Waals surface area contributed by atoms with Gasteiger partial charge >= 0.3 is 0 Å². The smallest absolute Gasteiger partial charge is 0.283 e. The molecule has 1 aliphatic heterocycles. The highest BCUT2D eigenvalue weighted by atomic mass is 35.5. The van der Waals surface area contributed by atoms with Crippen molar-refractivity contribution in [2.24, 2.45) is 10.7 Å². The number of nitrogens with two attached hydrogens (primary N) is 1. The molecule has 2 N–H and O–H groups in total. The summed E-state index contributed by atoms with van der Waals surface area (Å²) in [6.07, 6.45) is 0. The molecule has 0 fully saturated rings. The molecular formula is C10H10ClFN2O. The number of hydrogen-bond donors (Lipinski definition) is 1. The van der Waals surface area contributed by atoms with Crippen LogP contribution < -0.4 is 5.73 Å². The number of halogens is 2. The van der Waals surface area contributed by atoms with Gasteiger partial charge in [-0.2, -0.15) is 0 Å². The largest absolute Gasteiger partial charge is 0.462 e. The van der Waals surface area contributed by atoms with Gasteiger partial charge in [-0.1, -0.05) is 11.6 Å². The molecule has 0 saturated heterocycles. The van der Waals surface area contributed by atoms with E-state index in [0.29, 0.717) is 17.2 Å². The topological polar surface area (TPSA) is 47.6 Å². The van der Waals surface area contributed by atoms with Crippen LogP contribution in [0.4, 0.5) is 4.39 Å². The van der Waals surface area contributed by atoms with Crippen molar-refractivity contribution in [1.82, 2.24) is 0 Å². The van der Waals surface area contributed by atoms with Gasteiger partial charge < -0.3 is 10.5 Å². The van der Waals surface area contributed by atoms with Gasteiger partial charge in [0.1, 0.15) is 18.0 Å². The van der Waals surface area contributed by atoms with E-state index in [4.69, 9.17) is 22.1 Å². The molecular weight excluding hydrogens is 219 g/mol. The summed E-state index contributed by atoms with van der Waals surface area (Å²) in [5, 5.41) is 0.340. The molecule has 5 heteroatoms. The summed E-state index contributed by atoms with van der Waals surface area (Å²) in [6, 6.07) is 4.42. The zero-order valence-corrected chi connectivity index (χ0v) is 8.88. The first kappa shape index (κ1) is 10.2. The van der Waals surface area contributed by atoms with Crippen LogP contribution in [0.5, 0.6) is 0 Å². The highest BCUT2D eigenvalue weighted by Gasteiger charge is 2.33. The first-order chi connectivity index (χ1) is 6.99. The van der Waals surface area contributed by atoms with Crippen molar-refractivity contribution < 1.29 is 9.13 Å². The lowest BCUT2D eigenvalue weighted by atomic mass is 9.94. The van der Waals surface area contributed by atoms with Gasteiger partial charge in [-0.3, -0.25) is 0 Å². The highest BCUT2D eigenvalue weighted by Crippen LogP contribution is 2.31. The second-order valence-electron chi connectivity index (χ2n) is 3.67. The Labute approximate surface area is 91.7 Å². The van der Waals surface area contributed by atoms with Crippen molar-refractivity contribution in [3.8, 4) is 0 Å². The number of amidine groups is 1. The van der Waals surface area contributed by atoms with Gasteiger partial charge in [0.25, 0.3) is 6.02 Å². The Balaban J connectivity index is 2.45. The Morgan fingerprint density at radius 3 is 2.80 bits per heavy atom. The van der Waals surface area contributed by atoms with Gasteiger partial charge in [0, 0.05) is 5.02 Å². The Morgan fingerprint density at radius 2 is 2.27 bits per heavy atom. The quantitative estimate of drug-likeness (QED) is 0.800. The second-order valence-corrected chi connectivity index (χ2v) is 4.11. The van der Waals surface area contributed by atoms with Gasteiger partial charge in [0.2, 0.25) is 0 Å². The predicted octanol–water partition coefficient (Wildman–Crippen LogP) is 2.04. The fourth-order valence-electron chi connectivity index (χ4n) is 1.53. The summed E-state index contributed by atoms with van der Waals surface area (Å²) < 4.78 is 18.2. The highest BCUT2D eigenvalue weighted by molar-refractivity contribution is 6.30. The van der Waals surface area contributed by atoms with E-state index in [2.05, 4.69) is 4.99 Å². The maximum absolute atomic E-state index is 13.1. The van der Waals surface area contributed by atoms with Crippen LogP contribution in [-0.4, -0.2) is 12.6 Å². The lowest BCUT2D eigenvalue weighted by molar-refractivity contribution is 0.266. The van der Waals surface area contributed by atoms with Crippen LogP contribution in [0.25, 0.3) is 0 Å². The Hall–Kier alpha value is -1.29. The molecule has 15 heavy (non-hydrogen) atoms. The fraction of sp³-hybridized carbons (Fsp3) is 0.300. The van der Waals surface area contributed by atoms with Crippen molar-refractivity contribution in [2.45, 2.75) is 12.5 Å². The molecule has 0 aromatic heterocycles. The maximum atomic E-state index is 13.1. The van der Waals surface area contributed by atoms with Crippen molar-refractivity contribution in [1.29, 1.82) is 0 Å². The van der Waals surface area contributed by atoms with E-state index < -0.39 is 5.54 Å². The van der Waals surface area contributed by atoms with Crippen molar-refractivity contribution >= 4 is 17.6 Å². The minimum atomic E-state index is -0.643. The van der Waals surface area contributed by atoms with Crippen LogP contribution in [0.3, 0.4) is 0 Å². The van der Waals surface area contributed by atoms with E-state index in [0.717, 1.165) is 0 Å². The van der Waals surface area contributed by atoms with Crippen molar-refractivity contribution in [3.63, 3.8) is 0 Å². The average Bonchev–Trinajstić information content (AvgIpc) is 2.46. The molecule has 0 spiro atoms. The number of nitrogens with zero attached hydrogens (tertiary/aromatic N) is 1. The molecule has 0 bridgehead atoms. The summed E-state index contributed by atoms with van der Waals surface area (Å²) in [4.78, 5) is 4.12. The third kappa shape index (κ3) is 1.90. The molecule has 1 aromatic rings.